The molecule has 0 bridgehead atoms. The molecule has 2 atom stereocenters. The Kier molecular flexibility index (Phi) is 3.65. The minimum absolute atomic E-state index is 0.0573. The number of rotatable bonds is 4. The molecule has 1 heterocycles. The van der Waals surface area contributed by atoms with Crippen molar-refractivity contribution >= 4 is 11.9 Å². The van der Waals surface area contributed by atoms with E-state index in [2.05, 4.69) is 0 Å². The molecule has 1 fully saturated rings. The second-order valence-corrected chi connectivity index (χ2v) is 4.63. The molecular formula is C14H17NO3. The predicted molar refractivity (Wildman–Crippen MR) is 66.8 cm³/mol. The lowest BCUT2D eigenvalue weighted by Crippen LogP contribution is -2.36. The fraction of sp³-hybridized carbons (Fsp3) is 0.429. The van der Waals surface area contributed by atoms with Gasteiger partial charge in [0.25, 0.3) is 0 Å². The highest BCUT2D eigenvalue weighted by Crippen LogP contribution is 2.29. The van der Waals surface area contributed by atoms with Gasteiger partial charge in [0.15, 0.2) is 0 Å². The molecule has 1 aromatic rings. The molecule has 0 aromatic heterocycles. The van der Waals surface area contributed by atoms with Gasteiger partial charge < -0.3 is 10.0 Å². The third-order valence-corrected chi connectivity index (χ3v) is 3.51. The summed E-state index contributed by atoms with van der Waals surface area (Å²) in [4.78, 5) is 24.8. The van der Waals surface area contributed by atoms with Gasteiger partial charge >= 0.3 is 5.97 Å². The van der Waals surface area contributed by atoms with Crippen molar-refractivity contribution in [2.45, 2.75) is 32.4 Å². The second kappa shape index (κ2) is 5.21. The van der Waals surface area contributed by atoms with Crippen LogP contribution in [0.25, 0.3) is 0 Å². The molecule has 18 heavy (non-hydrogen) atoms. The molecule has 2 rings (SSSR count). The number of carbonyl (C=O) groups excluding carboxylic acids is 1. The minimum atomic E-state index is -0.870. The molecule has 96 valence electrons. The Morgan fingerprint density at radius 3 is 2.61 bits per heavy atom. The summed E-state index contributed by atoms with van der Waals surface area (Å²) in [6.07, 6.45) is 0.802. The van der Waals surface area contributed by atoms with Crippen LogP contribution in [0.2, 0.25) is 0 Å². The summed E-state index contributed by atoms with van der Waals surface area (Å²) in [5, 5.41) is 9.14. The molecule has 1 aliphatic heterocycles. The molecule has 4 heteroatoms. The van der Waals surface area contributed by atoms with Crippen LogP contribution in [0.1, 0.15) is 25.3 Å². The van der Waals surface area contributed by atoms with Gasteiger partial charge in [-0.25, -0.2) is 0 Å². The summed E-state index contributed by atoms with van der Waals surface area (Å²) in [5.74, 6) is -1.49. The van der Waals surface area contributed by atoms with Crippen LogP contribution in [0.3, 0.4) is 0 Å². The predicted octanol–water partition coefficient (Wildman–Crippen LogP) is 1.90. The first-order valence-electron chi connectivity index (χ1n) is 6.19. The highest BCUT2D eigenvalue weighted by Gasteiger charge is 2.42. The fourth-order valence-corrected chi connectivity index (χ4v) is 2.59. The third kappa shape index (κ3) is 2.37. The fourth-order valence-electron chi connectivity index (χ4n) is 2.59. The van der Waals surface area contributed by atoms with Gasteiger partial charge in [0, 0.05) is 19.0 Å². The van der Waals surface area contributed by atoms with Gasteiger partial charge in [-0.05, 0) is 12.0 Å². The number of nitrogens with zero attached hydrogens (tertiary/aromatic N) is 1. The van der Waals surface area contributed by atoms with Crippen molar-refractivity contribution in [2.24, 2.45) is 5.92 Å². The first kappa shape index (κ1) is 12.6. The summed E-state index contributed by atoms with van der Waals surface area (Å²) in [7, 11) is 0. The molecule has 0 saturated carbocycles. The van der Waals surface area contributed by atoms with Crippen molar-refractivity contribution in [3.63, 3.8) is 0 Å². The lowest BCUT2D eigenvalue weighted by Gasteiger charge is -2.25. The van der Waals surface area contributed by atoms with Crippen LogP contribution in [-0.4, -0.2) is 27.9 Å². The van der Waals surface area contributed by atoms with E-state index >= 15 is 0 Å². The van der Waals surface area contributed by atoms with Crippen LogP contribution in [0, 0.1) is 5.92 Å². The molecule has 1 N–H and O–H groups in total. The number of hydrogen-bond donors (Lipinski definition) is 1. The first-order chi connectivity index (χ1) is 8.63. The number of carbonyl (C=O) groups is 2. The largest absolute Gasteiger partial charge is 0.481 e. The van der Waals surface area contributed by atoms with E-state index in [1.165, 1.54) is 0 Å². The van der Waals surface area contributed by atoms with Gasteiger partial charge in [-0.1, -0.05) is 37.3 Å². The van der Waals surface area contributed by atoms with Crippen LogP contribution >= 0.6 is 0 Å². The van der Waals surface area contributed by atoms with Crippen LogP contribution in [0.5, 0.6) is 0 Å². The van der Waals surface area contributed by atoms with Crippen molar-refractivity contribution in [3.8, 4) is 0 Å². The molecule has 4 nitrogen and oxygen atoms in total. The summed E-state index contributed by atoms with van der Waals surface area (Å²) in [6.45, 7) is 2.43. The van der Waals surface area contributed by atoms with Crippen molar-refractivity contribution in [1.82, 2.24) is 4.90 Å². The van der Waals surface area contributed by atoms with E-state index in [0.717, 1.165) is 5.56 Å². The Morgan fingerprint density at radius 1 is 1.39 bits per heavy atom. The number of carboxylic acid groups (broad SMARTS) is 1. The minimum Gasteiger partial charge on any atom is -0.481 e. The zero-order valence-corrected chi connectivity index (χ0v) is 10.4. The van der Waals surface area contributed by atoms with E-state index in [0.29, 0.717) is 13.0 Å². The van der Waals surface area contributed by atoms with Gasteiger partial charge in [-0.3, -0.25) is 9.59 Å². The van der Waals surface area contributed by atoms with Gasteiger partial charge in [-0.2, -0.15) is 0 Å². The second-order valence-electron chi connectivity index (χ2n) is 4.63. The molecule has 0 aliphatic carbocycles. The summed E-state index contributed by atoms with van der Waals surface area (Å²) in [6, 6.07) is 9.49. The Hall–Kier alpha value is -1.84. The van der Waals surface area contributed by atoms with E-state index < -0.39 is 11.9 Å². The Morgan fingerprint density at radius 2 is 2.06 bits per heavy atom. The number of carboxylic acids is 1. The van der Waals surface area contributed by atoms with Crippen molar-refractivity contribution < 1.29 is 14.7 Å². The lowest BCUT2D eigenvalue weighted by atomic mass is 9.98. The monoisotopic (exact) mass is 247 g/mol. The van der Waals surface area contributed by atoms with Crippen LogP contribution in [0.15, 0.2) is 30.3 Å². The van der Waals surface area contributed by atoms with Gasteiger partial charge in [-0.15, -0.1) is 0 Å². The molecule has 1 amide bonds. The van der Waals surface area contributed by atoms with Crippen molar-refractivity contribution in [3.05, 3.63) is 35.9 Å². The van der Waals surface area contributed by atoms with E-state index in [-0.39, 0.29) is 18.4 Å². The van der Waals surface area contributed by atoms with E-state index in [9.17, 15) is 9.59 Å². The zero-order valence-electron chi connectivity index (χ0n) is 10.4. The summed E-state index contributed by atoms with van der Waals surface area (Å²) >= 11 is 0. The normalized spacial score (nSPS) is 23.4. The maximum absolute atomic E-state index is 11.9. The summed E-state index contributed by atoms with van der Waals surface area (Å²) < 4.78 is 0. The van der Waals surface area contributed by atoms with Crippen molar-refractivity contribution in [1.29, 1.82) is 0 Å². The first-order valence-corrected chi connectivity index (χ1v) is 6.19. The molecular weight excluding hydrogens is 230 g/mol. The van der Waals surface area contributed by atoms with Crippen LogP contribution in [-0.2, 0) is 16.1 Å². The lowest BCUT2D eigenvalue weighted by molar-refractivity contribution is -0.142. The van der Waals surface area contributed by atoms with E-state index in [4.69, 9.17) is 5.11 Å². The Balaban J connectivity index is 2.16. The van der Waals surface area contributed by atoms with Gasteiger partial charge in [0.2, 0.25) is 5.91 Å². The Bertz CT molecular complexity index is 444. The highest BCUT2D eigenvalue weighted by molar-refractivity contribution is 5.87. The van der Waals surface area contributed by atoms with E-state index in [1.54, 1.807) is 4.90 Å². The number of likely N-dealkylation sites (tertiary alicyclic amines) is 1. The average molecular weight is 247 g/mol. The molecule has 1 aromatic carbocycles. The smallest absolute Gasteiger partial charge is 0.309 e. The highest BCUT2D eigenvalue weighted by atomic mass is 16.4. The quantitative estimate of drug-likeness (QED) is 0.884. The average Bonchev–Trinajstić information content (AvgIpc) is 2.68. The maximum Gasteiger partial charge on any atom is 0.309 e. The maximum atomic E-state index is 11.9. The number of amides is 1. The van der Waals surface area contributed by atoms with Crippen LogP contribution in [0.4, 0.5) is 0 Å². The standard InChI is InChI=1S/C14H17NO3/c1-2-12-11(14(17)18)8-13(16)15(12)9-10-6-4-3-5-7-10/h3-7,11-12H,2,8-9H2,1H3,(H,17,18)/t11-,12-/m1/s1. The SMILES string of the molecule is CC[C@@H]1[C@H](C(=O)O)CC(=O)N1Cc1ccccc1. The number of aliphatic carboxylic acids is 1. The molecule has 0 unspecified atom stereocenters. The van der Waals surface area contributed by atoms with Crippen molar-refractivity contribution in [2.75, 3.05) is 0 Å². The Labute approximate surface area is 106 Å². The van der Waals surface area contributed by atoms with E-state index in [1.807, 2.05) is 37.3 Å². The molecule has 1 saturated heterocycles. The summed E-state index contributed by atoms with van der Waals surface area (Å²) in [5.41, 5.74) is 1.04. The van der Waals surface area contributed by atoms with Crippen LogP contribution < -0.4 is 0 Å². The molecule has 0 radical (unpaired) electrons. The van der Waals surface area contributed by atoms with Gasteiger partial charge in [0.1, 0.15) is 0 Å². The molecule has 0 spiro atoms. The number of hydrogen-bond acceptors (Lipinski definition) is 2. The van der Waals surface area contributed by atoms with Gasteiger partial charge in [0.05, 0.1) is 5.92 Å². The topological polar surface area (TPSA) is 57.6 Å². The zero-order chi connectivity index (χ0) is 13.1. The third-order valence-electron chi connectivity index (χ3n) is 3.51. The molecule has 1 aliphatic rings. The number of benzene rings is 1.